The summed E-state index contributed by atoms with van der Waals surface area (Å²) in [6, 6.07) is 5.46. The average molecular weight is 389 g/mol. The second kappa shape index (κ2) is 11.1. The molecule has 28 heavy (non-hydrogen) atoms. The van der Waals surface area contributed by atoms with E-state index in [0.717, 1.165) is 50.3 Å². The highest BCUT2D eigenvalue weighted by Gasteiger charge is 2.26. The van der Waals surface area contributed by atoms with E-state index < -0.39 is 0 Å². The minimum Gasteiger partial charge on any atom is -0.504 e. The maximum Gasteiger partial charge on any atom is 0.246 e. The third kappa shape index (κ3) is 6.86. The fraction of sp³-hybridized carbons (Fsp3) is 0.609. The smallest absolute Gasteiger partial charge is 0.246 e. The van der Waals surface area contributed by atoms with Crippen molar-refractivity contribution in [2.45, 2.75) is 51.5 Å². The van der Waals surface area contributed by atoms with Gasteiger partial charge in [-0.05, 0) is 88.9 Å². The number of benzene rings is 1. The molecule has 156 valence electrons. The van der Waals surface area contributed by atoms with Crippen molar-refractivity contribution < 1.29 is 14.6 Å². The van der Waals surface area contributed by atoms with Gasteiger partial charge in [0.05, 0.1) is 7.11 Å². The van der Waals surface area contributed by atoms with Crippen LogP contribution in [0.2, 0.25) is 0 Å². The minimum atomic E-state index is 0.0800. The first kappa shape index (κ1) is 22.3. The second-order valence-electron chi connectivity index (χ2n) is 8.22. The van der Waals surface area contributed by atoms with Crippen LogP contribution in [-0.4, -0.2) is 61.2 Å². The van der Waals surface area contributed by atoms with Gasteiger partial charge in [0.1, 0.15) is 0 Å². The fourth-order valence-electron chi connectivity index (χ4n) is 3.80. The van der Waals surface area contributed by atoms with Gasteiger partial charge < -0.3 is 19.6 Å². The van der Waals surface area contributed by atoms with E-state index in [2.05, 4.69) is 30.8 Å². The lowest BCUT2D eigenvalue weighted by atomic mass is 9.86. The molecule has 1 saturated carbocycles. The molecular weight excluding hydrogens is 352 g/mol. The Morgan fingerprint density at radius 1 is 1.18 bits per heavy atom. The quantitative estimate of drug-likeness (QED) is 0.510. The number of aromatic hydroxyl groups is 1. The number of ether oxygens (including phenoxy) is 1. The van der Waals surface area contributed by atoms with Crippen molar-refractivity contribution in [3.8, 4) is 11.5 Å². The number of carbonyl (C=O) groups is 1. The lowest BCUT2D eigenvalue weighted by Gasteiger charge is -2.36. The zero-order chi connectivity index (χ0) is 20.5. The van der Waals surface area contributed by atoms with Crippen molar-refractivity contribution in [1.29, 1.82) is 0 Å². The van der Waals surface area contributed by atoms with Crippen molar-refractivity contribution in [1.82, 2.24) is 9.80 Å². The van der Waals surface area contributed by atoms with E-state index >= 15 is 0 Å². The van der Waals surface area contributed by atoms with Gasteiger partial charge in [-0.3, -0.25) is 4.79 Å². The van der Waals surface area contributed by atoms with Gasteiger partial charge in [-0.1, -0.05) is 13.0 Å². The van der Waals surface area contributed by atoms with E-state index in [1.54, 1.807) is 24.3 Å². The van der Waals surface area contributed by atoms with E-state index in [1.807, 2.05) is 6.08 Å². The fourth-order valence-corrected chi connectivity index (χ4v) is 3.80. The van der Waals surface area contributed by atoms with Gasteiger partial charge in [-0.15, -0.1) is 0 Å². The Labute approximate surface area is 170 Å². The Morgan fingerprint density at radius 3 is 2.50 bits per heavy atom. The van der Waals surface area contributed by atoms with Crippen LogP contribution in [0, 0.1) is 5.92 Å². The first-order valence-electron chi connectivity index (χ1n) is 10.4. The second-order valence-corrected chi connectivity index (χ2v) is 8.22. The molecule has 0 saturated heterocycles. The van der Waals surface area contributed by atoms with Gasteiger partial charge in [-0.2, -0.15) is 0 Å². The van der Waals surface area contributed by atoms with E-state index in [-0.39, 0.29) is 11.7 Å². The average Bonchev–Trinajstić information content (AvgIpc) is 2.68. The highest BCUT2D eigenvalue weighted by atomic mass is 16.5. The highest BCUT2D eigenvalue weighted by Crippen LogP contribution is 2.29. The molecule has 0 bridgehead atoms. The summed E-state index contributed by atoms with van der Waals surface area (Å²) in [5.74, 6) is 1.36. The monoisotopic (exact) mass is 388 g/mol. The number of unbranched alkanes of at least 4 members (excludes halogenated alkanes) is 1. The molecule has 0 atom stereocenters. The third-order valence-electron chi connectivity index (χ3n) is 5.59. The molecule has 0 heterocycles. The highest BCUT2D eigenvalue weighted by molar-refractivity contribution is 5.92. The molecule has 0 unspecified atom stereocenters. The lowest BCUT2D eigenvalue weighted by molar-refractivity contribution is -0.129. The Bertz CT molecular complexity index is 649. The number of hydrogen-bond donors (Lipinski definition) is 1. The van der Waals surface area contributed by atoms with Crippen LogP contribution in [0.3, 0.4) is 0 Å². The van der Waals surface area contributed by atoms with E-state index in [9.17, 15) is 9.90 Å². The first-order valence-corrected chi connectivity index (χ1v) is 10.4. The summed E-state index contributed by atoms with van der Waals surface area (Å²) in [6.07, 6.45) is 10.2. The van der Waals surface area contributed by atoms with Crippen LogP contribution in [0.5, 0.6) is 11.5 Å². The van der Waals surface area contributed by atoms with Crippen molar-refractivity contribution in [3.63, 3.8) is 0 Å². The maximum atomic E-state index is 13.0. The van der Waals surface area contributed by atoms with Crippen molar-refractivity contribution in [2.75, 3.05) is 34.3 Å². The summed E-state index contributed by atoms with van der Waals surface area (Å²) in [7, 11) is 5.69. The standard InChI is InChI=1S/C23H36N2O3/c1-18-7-11-20(12-8-18)25(16-6-5-15-24(2)3)23(27)14-10-19-9-13-21(26)22(17-19)28-4/h9-10,13-14,17-18,20,26H,5-8,11-12,15-16H2,1-4H3/t18-,20-. The summed E-state index contributed by atoms with van der Waals surface area (Å²) in [5, 5.41) is 9.72. The molecule has 0 aliphatic heterocycles. The molecule has 1 aliphatic carbocycles. The maximum absolute atomic E-state index is 13.0. The normalized spacial score (nSPS) is 19.9. The van der Waals surface area contributed by atoms with E-state index in [0.29, 0.717) is 11.8 Å². The molecule has 5 nitrogen and oxygen atoms in total. The number of amides is 1. The molecule has 0 spiro atoms. The van der Waals surface area contributed by atoms with Crippen LogP contribution in [0.25, 0.3) is 6.08 Å². The summed E-state index contributed by atoms with van der Waals surface area (Å²) in [6.45, 7) is 4.17. The van der Waals surface area contributed by atoms with Gasteiger partial charge in [0.25, 0.3) is 0 Å². The molecule has 1 amide bonds. The van der Waals surface area contributed by atoms with E-state index in [1.165, 1.54) is 20.0 Å². The Hall–Kier alpha value is -2.01. The van der Waals surface area contributed by atoms with Crippen LogP contribution >= 0.6 is 0 Å². The summed E-state index contributed by atoms with van der Waals surface area (Å²) < 4.78 is 5.15. The molecule has 1 fully saturated rings. The van der Waals surface area contributed by atoms with Gasteiger partial charge in [-0.25, -0.2) is 0 Å². The van der Waals surface area contributed by atoms with E-state index in [4.69, 9.17) is 4.74 Å². The van der Waals surface area contributed by atoms with Crippen LogP contribution in [0.15, 0.2) is 24.3 Å². The number of hydrogen-bond acceptors (Lipinski definition) is 4. The molecule has 1 aromatic carbocycles. The zero-order valence-corrected chi connectivity index (χ0v) is 17.9. The lowest BCUT2D eigenvalue weighted by Crippen LogP contribution is -2.42. The van der Waals surface area contributed by atoms with Crippen LogP contribution in [0.4, 0.5) is 0 Å². The van der Waals surface area contributed by atoms with Crippen molar-refractivity contribution >= 4 is 12.0 Å². The zero-order valence-electron chi connectivity index (χ0n) is 17.9. The van der Waals surface area contributed by atoms with Gasteiger partial charge in [0.15, 0.2) is 11.5 Å². The summed E-state index contributed by atoms with van der Waals surface area (Å²) in [5.41, 5.74) is 0.841. The Morgan fingerprint density at radius 2 is 1.86 bits per heavy atom. The summed E-state index contributed by atoms with van der Waals surface area (Å²) >= 11 is 0. The Balaban J connectivity index is 2.04. The van der Waals surface area contributed by atoms with Crippen LogP contribution in [0.1, 0.15) is 51.0 Å². The topological polar surface area (TPSA) is 53.0 Å². The molecule has 2 rings (SSSR count). The molecule has 5 heteroatoms. The SMILES string of the molecule is COc1cc(C=CC(=O)N(CCCCN(C)C)[C@H]2CC[C@H](C)CC2)ccc1O. The number of carbonyl (C=O) groups excluding carboxylic acids is 1. The number of rotatable bonds is 9. The molecule has 1 aliphatic rings. The predicted octanol–water partition coefficient (Wildman–Crippen LogP) is 4.16. The minimum absolute atomic E-state index is 0.0800. The Kier molecular flexibility index (Phi) is 8.84. The number of nitrogens with zero attached hydrogens (tertiary/aromatic N) is 2. The molecule has 0 aromatic heterocycles. The van der Waals surface area contributed by atoms with Crippen molar-refractivity contribution in [3.05, 3.63) is 29.8 Å². The molecule has 1 N–H and O–H groups in total. The van der Waals surface area contributed by atoms with Gasteiger partial charge in [0, 0.05) is 18.7 Å². The van der Waals surface area contributed by atoms with Crippen molar-refractivity contribution in [2.24, 2.45) is 5.92 Å². The predicted molar refractivity (Wildman–Crippen MR) is 115 cm³/mol. The van der Waals surface area contributed by atoms with Gasteiger partial charge in [0.2, 0.25) is 5.91 Å². The largest absolute Gasteiger partial charge is 0.504 e. The number of methoxy groups -OCH3 is 1. The third-order valence-corrected chi connectivity index (χ3v) is 5.59. The molecular formula is C23H36N2O3. The first-order chi connectivity index (χ1) is 13.4. The van der Waals surface area contributed by atoms with Gasteiger partial charge >= 0.3 is 0 Å². The molecule has 0 radical (unpaired) electrons. The summed E-state index contributed by atoms with van der Waals surface area (Å²) in [4.78, 5) is 17.3. The molecule has 1 aromatic rings. The number of phenols is 1. The number of phenolic OH excluding ortho intramolecular Hbond substituents is 1. The van der Waals surface area contributed by atoms with Crippen LogP contribution < -0.4 is 4.74 Å². The van der Waals surface area contributed by atoms with Crippen LogP contribution in [-0.2, 0) is 4.79 Å².